The second kappa shape index (κ2) is 8.83. The maximum absolute atomic E-state index is 12.0. The predicted molar refractivity (Wildman–Crippen MR) is 88.2 cm³/mol. The highest BCUT2D eigenvalue weighted by Crippen LogP contribution is 2.21. The van der Waals surface area contributed by atoms with Crippen LogP contribution in [-0.4, -0.2) is 62.6 Å². The minimum absolute atomic E-state index is 0.327. The maximum Gasteiger partial charge on any atom is 0.289 e. The van der Waals surface area contributed by atoms with Crippen LogP contribution in [0.2, 0.25) is 0 Å². The first-order valence-corrected chi connectivity index (χ1v) is 8.11. The summed E-state index contributed by atoms with van der Waals surface area (Å²) in [5.41, 5.74) is 5.49. The molecule has 0 saturated carbocycles. The van der Waals surface area contributed by atoms with Gasteiger partial charge in [0, 0.05) is 32.1 Å². The lowest BCUT2D eigenvalue weighted by Crippen LogP contribution is -2.47. The number of nitrogens with zero attached hydrogens (tertiary/aromatic N) is 2. The summed E-state index contributed by atoms with van der Waals surface area (Å²) in [5, 5.41) is 5.77. The number of nitrogens with one attached hydrogen (secondary N) is 3. The number of carbonyl (C=O) groups is 1. The van der Waals surface area contributed by atoms with Crippen molar-refractivity contribution >= 4 is 39.7 Å². The Labute approximate surface area is 138 Å². The minimum atomic E-state index is -0.327. The fourth-order valence-electron chi connectivity index (χ4n) is 1.76. The molecule has 122 valence electrons. The fraction of sp³-hybridized carbons (Fsp3) is 0.583. The van der Waals surface area contributed by atoms with Gasteiger partial charge < -0.3 is 19.7 Å². The van der Waals surface area contributed by atoms with Crippen LogP contribution in [0.5, 0.6) is 0 Å². The van der Waals surface area contributed by atoms with E-state index in [0.717, 1.165) is 18.2 Å². The maximum atomic E-state index is 12.0. The van der Waals surface area contributed by atoms with Crippen LogP contribution >= 0.6 is 23.6 Å². The first-order chi connectivity index (χ1) is 10.7. The molecule has 0 spiro atoms. The second-order valence-corrected chi connectivity index (χ2v) is 5.69. The van der Waals surface area contributed by atoms with Gasteiger partial charge in [-0.15, -0.1) is 11.3 Å². The van der Waals surface area contributed by atoms with E-state index in [2.05, 4.69) is 26.1 Å². The van der Waals surface area contributed by atoms with Crippen LogP contribution in [0.25, 0.3) is 0 Å². The third-order valence-electron chi connectivity index (χ3n) is 2.89. The summed E-state index contributed by atoms with van der Waals surface area (Å²) in [6, 6.07) is 0. The van der Waals surface area contributed by atoms with Gasteiger partial charge in [-0.05, 0) is 12.2 Å². The largest absolute Gasteiger partial charge is 0.383 e. The fourth-order valence-corrected chi connectivity index (χ4v) is 2.77. The molecule has 0 aliphatic carbocycles. The van der Waals surface area contributed by atoms with E-state index in [9.17, 15) is 4.79 Å². The zero-order valence-electron chi connectivity index (χ0n) is 12.3. The molecule has 22 heavy (non-hydrogen) atoms. The molecule has 0 bridgehead atoms. The number of morpholine rings is 1. The molecule has 1 aromatic heterocycles. The predicted octanol–water partition coefficient (Wildman–Crippen LogP) is -0.265. The van der Waals surface area contributed by atoms with Crippen molar-refractivity contribution in [1.29, 1.82) is 0 Å². The molecule has 0 atom stereocenters. The molecular weight excluding hydrogens is 326 g/mol. The summed E-state index contributed by atoms with van der Waals surface area (Å²) in [7, 11) is 1.61. The van der Waals surface area contributed by atoms with Crippen molar-refractivity contribution < 1.29 is 14.3 Å². The molecule has 1 saturated heterocycles. The van der Waals surface area contributed by atoms with Crippen molar-refractivity contribution in [3.63, 3.8) is 0 Å². The van der Waals surface area contributed by atoms with Gasteiger partial charge in [-0.1, -0.05) is 0 Å². The Balaban J connectivity index is 1.77. The Kier molecular flexibility index (Phi) is 6.77. The summed E-state index contributed by atoms with van der Waals surface area (Å²) in [6.45, 7) is 4.05. The first-order valence-electron chi connectivity index (χ1n) is 6.82. The first kappa shape index (κ1) is 16.9. The third kappa shape index (κ3) is 5.05. The van der Waals surface area contributed by atoms with E-state index in [0.29, 0.717) is 37.2 Å². The van der Waals surface area contributed by atoms with Crippen LogP contribution in [0, 0.1) is 0 Å². The van der Waals surface area contributed by atoms with Crippen molar-refractivity contribution in [3.8, 4) is 0 Å². The Hall–Kier alpha value is -1.49. The van der Waals surface area contributed by atoms with Crippen molar-refractivity contribution in [3.05, 3.63) is 11.1 Å². The number of aromatic nitrogens is 1. The molecular formula is C12H19N5O3S2. The molecule has 10 heteroatoms. The van der Waals surface area contributed by atoms with Crippen LogP contribution in [0.4, 0.5) is 5.13 Å². The number of ether oxygens (including phenoxy) is 2. The number of hydrazine groups is 1. The number of methoxy groups -OCH3 is 1. The molecule has 2 rings (SSSR count). The third-order valence-corrected chi connectivity index (χ3v) is 4.04. The lowest BCUT2D eigenvalue weighted by atomic mass is 10.4. The molecule has 0 radical (unpaired) electrons. The van der Waals surface area contributed by atoms with E-state index in [1.54, 1.807) is 12.5 Å². The highest BCUT2D eigenvalue weighted by Gasteiger charge is 2.17. The van der Waals surface area contributed by atoms with E-state index in [1.165, 1.54) is 11.3 Å². The topological polar surface area (TPSA) is 87.8 Å². The Bertz CT molecular complexity index is 505. The van der Waals surface area contributed by atoms with Crippen LogP contribution in [-0.2, 0) is 9.47 Å². The highest BCUT2D eigenvalue weighted by molar-refractivity contribution is 7.80. The van der Waals surface area contributed by atoms with Gasteiger partial charge in [0.1, 0.15) is 5.69 Å². The molecule has 1 fully saturated rings. The van der Waals surface area contributed by atoms with Gasteiger partial charge in [-0.25, -0.2) is 4.98 Å². The van der Waals surface area contributed by atoms with Crippen LogP contribution in [0.1, 0.15) is 10.5 Å². The van der Waals surface area contributed by atoms with Crippen LogP contribution < -0.4 is 21.1 Å². The number of thiocarbonyl (C=S) groups is 1. The van der Waals surface area contributed by atoms with Crippen molar-refractivity contribution in [2.45, 2.75) is 0 Å². The van der Waals surface area contributed by atoms with Crippen molar-refractivity contribution in [2.24, 2.45) is 0 Å². The second-order valence-electron chi connectivity index (χ2n) is 4.44. The summed E-state index contributed by atoms with van der Waals surface area (Å²) < 4.78 is 10.2. The Morgan fingerprint density at radius 2 is 2.27 bits per heavy atom. The van der Waals surface area contributed by atoms with Gasteiger partial charge in [-0.2, -0.15) is 0 Å². The quantitative estimate of drug-likeness (QED) is 0.382. The zero-order chi connectivity index (χ0) is 15.8. The van der Waals surface area contributed by atoms with E-state index < -0.39 is 0 Å². The molecule has 1 amide bonds. The summed E-state index contributed by atoms with van der Waals surface area (Å²) in [5.74, 6) is -0.327. The minimum Gasteiger partial charge on any atom is -0.383 e. The Morgan fingerprint density at radius 3 is 3.00 bits per heavy atom. The number of thiazole rings is 1. The van der Waals surface area contributed by atoms with Gasteiger partial charge >= 0.3 is 0 Å². The number of hydrogen-bond acceptors (Lipinski definition) is 7. The summed E-state index contributed by atoms with van der Waals surface area (Å²) >= 11 is 6.45. The number of anilines is 1. The zero-order valence-corrected chi connectivity index (χ0v) is 13.9. The van der Waals surface area contributed by atoms with E-state index in [-0.39, 0.29) is 5.91 Å². The summed E-state index contributed by atoms with van der Waals surface area (Å²) in [4.78, 5) is 18.4. The van der Waals surface area contributed by atoms with Gasteiger partial charge in [0.05, 0.1) is 19.8 Å². The molecule has 0 aromatic carbocycles. The molecule has 2 heterocycles. The lowest BCUT2D eigenvalue weighted by Gasteiger charge is -2.25. The molecule has 8 nitrogen and oxygen atoms in total. The average Bonchev–Trinajstić information content (AvgIpc) is 3.04. The molecule has 0 unspecified atom stereocenters. The highest BCUT2D eigenvalue weighted by atomic mass is 32.1. The standard InChI is InChI=1S/C12H19N5O3S2/c1-19-5-2-13-11(21)16-15-10(18)9-8-22-12(14-9)17-3-6-20-7-4-17/h8H,2-7H2,1H3,(H,15,18)(H2,13,16,21). The number of carbonyl (C=O) groups excluding carboxylic acids is 1. The lowest BCUT2D eigenvalue weighted by molar-refractivity contribution is 0.0939. The van der Waals surface area contributed by atoms with E-state index in [1.807, 2.05) is 0 Å². The van der Waals surface area contributed by atoms with E-state index in [4.69, 9.17) is 21.7 Å². The Morgan fingerprint density at radius 1 is 1.50 bits per heavy atom. The van der Waals surface area contributed by atoms with Gasteiger partial charge in [-0.3, -0.25) is 15.6 Å². The van der Waals surface area contributed by atoms with Crippen molar-refractivity contribution in [1.82, 2.24) is 21.2 Å². The monoisotopic (exact) mass is 345 g/mol. The molecule has 1 aromatic rings. The molecule has 1 aliphatic heterocycles. The number of rotatable bonds is 5. The van der Waals surface area contributed by atoms with E-state index >= 15 is 0 Å². The van der Waals surface area contributed by atoms with Crippen molar-refractivity contribution in [2.75, 3.05) is 51.5 Å². The average molecular weight is 345 g/mol. The number of hydrogen-bond donors (Lipinski definition) is 3. The molecule has 3 N–H and O–H groups in total. The summed E-state index contributed by atoms with van der Waals surface area (Å²) in [6.07, 6.45) is 0. The molecule has 1 aliphatic rings. The van der Waals surface area contributed by atoms with Crippen LogP contribution in [0.15, 0.2) is 5.38 Å². The van der Waals surface area contributed by atoms with Crippen LogP contribution in [0.3, 0.4) is 0 Å². The number of amides is 1. The SMILES string of the molecule is COCCNC(=S)NNC(=O)c1csc(N2CCOCC2)n1. The van der Waals surface area contributed by atoms with Gasteiger partial charge in [0.2, 0.25) is 0 Å². The van der Waals surface area contributed by atoms with Gasteiger partial charge in [0.25, 0.3) is 5.91 Å². The van der Waals surface area contributed by atoms with Gasteiger partial charge in [0.15, 0.2) is 10.2 Å². The smallest absolute Gasteiger partial charge is 0.289 e. The normalized spacial score (nSPS) is 14.5.